The second kappa shape index (κ2) is 9.48. The number of rotatable bonds is 7. The minimum absolute atomic E-state index is 0.240. The summed E-state index contributed by atoms with van der Waals surface area (Å²) in [6.07, 6.45) is -1.03. The van der Waals surface area contributed by atoms with Gasteiger partial charge in [-0.1, -0.05) is 23.2 Å². The molecule has 1 amide bonds. The molecule has 0 bridgehead atoms. The van der Waals surface area contributed by atoms with E-state index in [2.05, 4.69) is 5.32 Å². The van der Waals surface area contributed by atoms with Crippen molar-refractivity contribution in [2.75, 3.05) is 19.0 Å². The summed E-state index contributed by atoms with van der Waals surface area (Å²) in [6, 6.07) is 9.26. The Morgan fingerprint density at radius 1 is 1.07 bits per heavy atom. The first-order chi connectivity index (χ1) is 12.8. The number of nitrogens with one attached hydrogen (secondary N) is 1. The number of benzene rings is 2. The number of ether oxygens (including phenoxy) is 3. The zero-order valence-corrected chi connectivity index (χ0v) is 16.6. The van der Waals surface area contributed by atoms with Gasteiger partial charge in [0.25, 0.3) is 5.91 Å². The number of esters is 1. The Labute approximate surface area is 167 Å². The third kappa shape index (κ3) is 5.77. The summed E-state index contributed by atoms with van der Waals surface area (Å²) < 4.78 is 15.8. The molecule has 0 radical (unpaired) electrons. The number of carbonyl (C=O) groups is 2. The first-order valence-electron chi connectivity index (χ1n) is 8.12. The lowest BCUT2D eigenvalue weighted by Gasteiger charge is -2.15. The minimum Gasteiger partial charge on any atom is -0.493 e. The monoisotopic (exact) mass is 411 g/mol. The van der Waals surface area contributed by atoms with Crippen LogP contribution in [0.1, 0.15) is 24.2 Å². The van der Waals surface area contributed by atoms with E-state index in [4.69, 9.17) is 37.4 Å². The van der Waals surface area contributed by atoms with Gasteiger partial charge in [-0.25, -0.2) is 4.79 Å². The third-order valence-corrected chi connectivity index (χ3v) is 3.92. The number of halogens is 2. The molecule has 2 rings (SSSR count). The summed E-state index contributed by atoms with van der Waals surface area (Å²) >= 11 is 11.8. The van der Waals surface area contributed by atoms with Crippen LogP contribution in [0.2, 0.25) is 10.0 Å². The largest absolute Gasteiger partial charge is 0.493 e. The van der Waals surface area contributed by atoms with Gasteiger partial charge in [-0.15, -0.1) is 0 Å². The van der Waals surface area contributed by atoms with Crippen molar-refractivity contribution >= 4 is 40.8 Å². The molecule has 8 heteroatoms. The van der Waals surface area contributed by atoms with E-state index < -0.39 is 18.0 Å². The van der Waals surface area contributed by atoms with Crippen molar-refractivity contribution in [3.8, 4) is 11.5 Å². The third-order valence-electron chi connectivity index (χ3n) is 3.48. The zero-order valence-electron chi connectivity index (χ0n) is 15.0. The van der Waals surface area contributed by atoms with Gasteiger partial charge in [0.2, 0.25) is 0 Å². The lowest BCUT2D eigenvalue weighted by Crippen LogP contribution is -2.30. The Morgan fingerprint density at radius 2 is 1.74 bits per heavy atom. The van der Waals surface area contributed by atoms with Crippen molar-refractivity contribution in [1.29, 1.82) is 0 Å². The van der Waals surface area contributed by atoms with Gasteiger partial charge < -0.3 is 19.5 Å². The molecule has 0 unspecified atom stereocenters. The number of hydrogen-bond donors (Lipinski definition) is 1. The maximum atomic E-state index is 12.3. The molecule has 0 aromatic heterocycles. The Bertz CT molecular complexity index is 821. The fourth-order valence-electron chi connectivity index (χ4n) is 2.22. The van der Waals surface area contributed by atoms with Crippen LogP contribution in [-0.2, 0) is 9.53 Å². The van der Waals surface area contributed by atoms with Crippen LogP contribution in [0.15, 0.2) is 36.4 Å². The van der Waals surface area contributed by atoms with Gasteiger partial charge in [-0.2, -0.15) is 0 Å². The summed E-state index contributed by atoms with van der Waals surface area (Å²) in [5.41, 5.74) is 0.646. The molecule has 0 fully saturated rings. The average molecular weight is 412 g/mol. The van der Waals surface area contributed by atoms with Crippen LogP contribution in [0.4, 0.5) is 5.69 Å². The van der Waals surface area contributed by atoms with Gasteiger partial charge in [-0.05, 0) is 50.2 Å². The first-order valence-corrected chi connectivity index (χ1v) is 8.88. The smallest absolute Gasteiger partial charge is 0.339 e. The molecule has 0 aliphatic carbocycles. The first kappa shape index (κ1) is 20.9. The Hall–Kier alpha value is -2.44. The molecule has 0 saturated carbocycles. The molecule has 0 heterocycles. The fourth-order valence-corrected chi connectivity index (χ4v) is 2.75. The summed E-state index contributed by atoms with van der Waals surface area (Å²) in [5.74, 6) is -0.261. The van der Waals surface area contributed by atoms with Crippen LogP contribution in [0.3, 0.4) is 0 Å². The van der Waals surface area contributed by atoms with Crippen molar-refractivity contribution < 1.29 is 23.8 Å². The molecule has 0 aliphatic heterocycles. The molecule has 0 spiro atoms. The number of anilines is 1. The highest BCUT2D eigenvalue weighted by atomic mass is 35.5. The van der Waals surface area contributed by atoms with Crippen LogP contribution in [-0.4, -0.2) is 31.7 Å². The molecule has 0 saturated heterocycles. The van der Waals surface area contributed by atoms with Crippen LogP contribution < -0.4 is 14.8 Å². The fraction of sp³-hybridized carbons (Fsp3) is 0.263. The molecule has 144 valence electrons. The van der Waals surface area contributed by atoms with Gasteiger partial charge in [0.05, 0.1) is 19.3 Å². The highest BCUT2D eigenvalue weighted by Crippen LogP contribution is 2.28. The molecular weight excluding hydrogens is 393 g/mol. The minimum atomic E-state index is -1.03. The van der Waals surface area contributed by atoms with Gasteiger partial charge in [0, 0.05) is 15.7 Å². The second-order valence-corrected chi connectivity index (χ2v) is 6.37. The van der Waals surface area contributed by atoms with E-state index in [1.807, 2.05) is 6.92 Å². The van der Waals surface area contributed by atoms with E-state index in [9.17, 15) is 9.59 Å². The van der Waals surface area contributed by atoms with Gasteiger partial charge in [0.1, 0.15) is 0 Å². The van der Waals surface area contributed by atoms with Crippen molar-refractivity contribution in [3.63, 3.8) is 0 Å². The van der Waals surface area contributed by atoms with E-state index in [1.165, 1.54) is 38.3 Å². The van der Waals surface area contributed by atoms with Crippen molar-refractivity contribution in [1.82, 2.24) is 0 Å². The Morgan fingerprint density at radius 3 is 2.33 bits per heavy atom. The SMILES string of the molecule is CCOc1cc(C(=O)O[C@@H](C)C(=O)Nc2cc(Cl)cc(Cl)c2)ccc1OC. The van der Waals surface area contributed by atoms with E-state index in [1.54, 1.807) is 12.1 Å². The molecule has 1 N–H and O–H groups in total. The average Bonchev–Trinajstić information content (AvgIpc) is 2.60. The molecule has 1 atom stereocenters. The Balaban J connectivity index is 2.05. The van der Waals surface area contributed by atoms with E-state index in [-0.39, 0.29) is 5.56 Å². The molecule has 0 aliphatic rings. The summed E-state index contributed by atoms with van der Waals surface area (Å²) in [4.78, 5) is 24.6. The standard InChI is InChI=1S/C19H19Cl2NO5/c1-4-26-17-7-12(5-6-16(17)25-3)19(24)27-11(2)18(23)22-15-9-13(20)8-14(21)10-15/h5-11H,4H2,1-3H3,(H,22,23)/t11-/m0/s1. The van der Waals surface area contributed by atoms with Crippen LogP contribution in [0.25, 0.3) is 0 Å². The van der Waals surface area contributed by atoms with E-state index in [0.717, 1.165) is 0 Å². The summed E-state index contributed by atoms with van der Waals surface area (Å²) in [6.45, 7) is 3.70. The predicted octanol–water partition coefficient (Wildman–Crippen LogP) is 4.58. The van der Waals surface area contributed by atoms with Crippen molar-refractivity contribution in [2.45, 2.75) is 20.0 Å². The molecule has 2 aromatic carbocycles. The molecular formula is C19H19Cl2NO5. The summed E-state index contributed by atoms with van der Waals surface area (Å²) in [7, 11) is 1.50. The maximum absolute atomic E-state index is 12.3. The van der Waals surface area contributed by atoms with Crippen LogP contribution >= 0.6 is 23.2 Å². The van der Waals surface area contributed by atoms with Crippen molar-refractivity contribution in [2.24, 2.45) is 0 Å². The van der Waals surface area contributed by atoms with Gasteiger partial charge in [-0.3, -0.25) is 4.79 Å². The van der Waals surface area contributed by atoms with Crippen LogP contribution in [0, 0.1) is 0 Å². The number of amides is 1. The van der Waals surface area contributed by atoms with Gasteiger partial charge in [0.15, 0.2) is 17.6 Å². The highest BCUT2D eigenvalue weighted by molar-refractivity contribution is 6.35. The maximum Gasteiger partial charge on any atom is 0.339 e. The van der Waals surface area contributed by atoms with Gasteiger partial charge >= 0.3 is 5.97 Å². The van der Waals surface area contributed by atoms with E-state index in [0.29, 0.717) is 33.8 Å². The van der Waals surface area contributed by atoms with Crippen LogP contribution in [0.5, 0.6) is 11.5 Å². The molecule has 27 heavy (non-hydrogen) atoms. The normalized spacial score (nSPS) is 11.4. The highest BCUT2D eigenvalue weighted by Gasteiger charge is 2.20. The quantitative estimate of drug-likeness (QED) is 0.674. The summed E-state index contributed by atoms with van der Waals surface area (Å²) in [5, 5.41) is 3.36. The molecule has 6 nitrogen and oxygen atoms in total. The molecule has 2 aromatic rings. The zero-order chi connectivity index (χ0) is 20.0. The lowest BCUT2D eigenvalue weighted by atomic mass is 10.2. The second-order valence-electron chi connectivity index (χ2n) is 5.49. The van der Waals surface area contributed by atoms with E-state index >= 15 is 0 Å². The topological polar surface area (TPSA) is 73.9 Å². The number of hydrogen-bond acceptors (Lipinski definition) is 5. The number of carbonyl (C=O) groups excluding carboxylic acids is 2. The lowest BCUT2D eigenvalue weighted by molar-refractivity contribution is -0.123. The predicted molar refractivity (Wildman–Crippen MR) is 104 cm³/mol. The number of methoxy groups -OCH3 is 1. The van der Waals surface area contributed by atoms with Crippen molar-refractivity contribution in [3.05, 3.63) is 52.0 Å². The Kier molecular flexibility index (Phi) is 7.33.